The fourth-order valence-corrected chi connectivity index (χ4v) is 2.81. The van der Waals surface area contributed by atoms with Gasteiger partial charge in [0, 0.05) is 11.3 Å². The molecule has 0 aliphatic heterocycles. The molecule has 8 heteroatoms. The van der Waals surface area contributed by atoms with Crippen molar-refractivity contribution in [3.8, 4) is 17.0 Å². The lowest BCUT2D eigenvalue weighted by molar-refractivity contribution is -0.117. The van der Waals surface area contributed by atoms with Crippen LogP contribution in [0.3, 0.4) is 0 Å². The summed E-state index contributed by atoms with van der Waals surface area (Å²) in [7, 11) is 1.60. The Morgan fingerprint density at radius 2 is 1.86 bits per heavy atom. The van der Waals surface area contributed by atoms with E-state index in [1.807, 2.05) is 42.5 Å². The number of methoxy groups -OCH3 is 1. The van der Waals surface area contributed by atoms with Crippen molar-refractivity contribution >= 4 is 17.1 Å². The number of carbonyl (C=O) groups excluding carboxylic acids is 1. The van der Waals surface area contributed by atoms with Crippen LogP contribution in [0.5, 0.6) is 5.75 Å². The molecule has 28 heavy (non-hydrogen) atoms. The number of para-hydroxylation sites is 1. The molecule has 4 rings (SSSR count). The quantitative estimate of drug-likeness (QED) is 0.578. The molecule has 2 heterocycles. The highest BCUT2D eigenvalue weighted by molar-refractivity contribution is 5.90. The Labute approximate surface area is 160 Å². The van der Waals surface area contributed by atoms with Crippen molar-refractivity contribution in [2.75, 3.05) is 12.4 Å². The molecule has 2 aromatic heterocycles. The summed E-state index contributed by atoms with van der Waals surface area (Å²) in [5.41, 5.74) is 2.09. The summed E-state index contributed by atoms with van der Waals surface area (Å²) >= 11 is 0. The third-order valence-electron chi connectivity index (χ3n) is 4.23. The summed E-state index contributed by atoms with van der Waals surface area (Å²) < 4.78 is 7.68. The van der Waals surface area contributed by atoms with Crippen molar-refractivity contribution < 1.29 is 9.53 Å². The van der Waals surface area contributed by atoms with E-state index >= 15 is 0 Å². The van der Waals surface area contributed by atoms with Gasteiger partial charge in [-0.3, -0.25) is 9.59 Å². The minimum Gasteiger partial charge on any atom is -0.497 e. The summed E-state index contributed by atoms with van der Waals surface area (Å²) in [6, 6.07) is 18.1. The molecule has 0 aliphatic rings. The number of nitrogens with one attached hydrogen (secondary N) is 1. The largest absolute Gasteiger partial charge is 0.497 e. The molecule has 0 saturated carbocycles. The van der Waals surface area contributed by atoms with Gasteiger partial charge in [-0.25, -0.2) is 9.20 Å². The Morgan fingerprint density at radius 1 is 1.11 bits per heavy atom. The average molecular weight is 375 g/mol. The normalized spacial score (nSPS) is 10.8. The lowest BCUT2D eigenvalue weighted by Gasteiger charge is -2.06. The molecule has 0 spiro atoms. The Hall–Kier alpha value is -3.94. The van der Waals surface area contributed by atoms with Gasteiger partial charge in [0.15, 0.2) is 0 Å². The second-order valence-corrected chi connectivity index (χ2v) is 6.10. The Morgan fingerprint density at radius 3 is 2.57 bits per heavy atom. The second kappa shape index (κ2) is 7.36. The Kier molecular flexibility index (Phi) is 4.59. The summed E-state index contributed by atoms with van der Waals surface area (Å²) in [6.07, 6.45) is 1.42. The predicted molar refractivity (Wildman–Crippen MR) is 104 cm³/mol. The van der Waals surface area contributed by atoms with Crippen LogP contribution in [-0.2, 0) is 11.3 Å². The third-order valence-corrected chi connectivity index (χ3v) is 4.23. The van der Waals surface area contributed by atoms with Crippen molar-refractivity contribution in [2.24, 2.45) is 0 Å². The molecule has 1 amide bonds. The number of hydrogen-bond donors (Lipinski definition) is 1. The van der Waals surface area contributed by atoms with Crippen LogP contribution in [0.25, 0.3) is 16.8 Å². The zero-order valence-corrected chi connectivity index (χ0v) is 15.1. The summed E-state index contributed by atoms with van der Waals surface area (Å²) in [5.74, 6) is 0.404. The number of anilines is 1. The number of amides is 1. The molecule has 0 bridgehead atoms. The number of aromatic nitrogens is 4. The van der Waals surface area contributed by atoms with Crippen LogP contribution in [0.2, 0.25) is 0 Å². The summed E-state index contributed by atoms with van der Waals surface area (Å²) in [4.78, 5) is 24.9. The number of rotatable bonds is 5. The Balaban J connectivity index is 1.59. The highest BCUT2D eigenvalue weighted by Crippen LogP contribution is 2.21. The first-order chi connectivity index (χ1) is 13.6. The molecule has 0 radical (unpaired) electrons. The molecule has 2 aromatic carbocycles. The van der Waals surface area contributed by atoms with Crippen molar-refractivity contribution in [1.82, 2.24) is 19.4 Å². The highest BCUT2D eigenvalue weighted by Gasteiger charge is 2.12. The first kappa shape index (κ1) is 17.5. The molecule has 0 aliphatic carbocycles. The van der Waals surface area contributed by atoms with E-state index in [2.05, 4.69) is 15.5 Å². The van der Waals surface area contributed by atoms with Crippen molar-refractivity contribution in [3.63, 3.8) is 0 Å². The van der Waals surface area contributed by atoms with Gasteiger partial charge in [-0.05, 0) is 42.5 Å². The van der Waals surface area contributed by atoms with E-state index < -0.39 is 5.56 Å². The monoisotopic (exact) mass is 375 g/mol. The van der Waals surface area contributed by atoms with E-state index in [0.29, 0.717) is 16.9 Å². The highest BCUT2D eigenvalue weighted by atomic mass is 16.5. The molecule has 8 nitrogen and oxygen atoms in total. The molecule has 1 N–H and O–H groups in total. The van der Waals surface area contributed by atoms with Gasteiger partial charge in [0.05, 0.1) is 12.8 Å². The van der Waals surface area contributed by atoms with Crippen LogP contribution in [0.1, 0.15) is 0 Å². The lowest BCUT2D eigenvalue weighted by Crippen LogP contribution is -2.30. The number of hydrogen-bond acceptors (Lipinski definition) is 5. The van der Waals surface area contributed by atoms with Gasteiger partial charge in [-0.2, -0.15) is 10.2 Å². The molecule has 0 fully saturated rings. The van der Waals surface area contributed by atoms with Gasteiger partial charge < -0.3 is 10.1 Å². The predicted octanol–water partition coefficient (Wildman–Crippen LogP) is 2.21. The zero-order chi connectivity index (χ0) is 19.5. The summed E-state index contributed by atoms with van der Waals surface area (Å²) in [6.45, 7) is -0.187. The summed E-state index contributed by atoms with van der Waals surface area (Å²) in [5, 5.41) is 11.2. The van der Waals surface area contributed by atoms with E-state index in [1.54, 1.807) is 25.3 Å². The maximum Gasteiger partial charge on any atom is 0.293 e. The van der Waals surface area contributed by atoms with Crippen LogP contribution in [-0.4, -0.2) is 32.4 Å². The number of benzene rings is 2. The second-order valence-electron chi connectivity index (χ2n) is 6.10. The van der Waals surface area contributed by atoms with E-state index in [1.165, 1.54) is 10.8 Å². The first-order valence-electron chi connectivity index (χ1n) is 8.59. The fraction of sp³-hybridized carbons (Fsp3) is 0.100. The minimum absolute atomic E-state index is 0.187. The molecular formula is C20H17N5O3. The van der Waals surface area contributed by atoms with Gasteiger partial charge >= 0.3 is 0 Å². The number of carbonyl (C=O) groups is 1. The van der Waals surface area contributed by atoms with Gasteiger partial charge in [0.1, 0.15) is 24.1 Å². The van der Waals surface area contributed by atoms with Crippen molar-refractivity contribution in [3.05, 3.63) is 77.3 Å². The van der Waals surface area contributed by atoms with Crippen molar-refractivity contribution in [2.45, 2.75) is 6.54 Å². The van der Waals surface area contributed by atoms with Crippen LogP contribution in [0, 0.1) is 0 Å². The van der Waals surface area contributed by atoms with Crippen LogP contribution in [0.4, 0.5) is 5.69 Å². The number of ether oxygens (including phenoxy) is 1. The molecular weight excluding hydrogens is 358 g/mol. The van der Waals surface area contributed by atoms with Gasteiger partial charge in [0.2, 0.25) is 5.91 Å². The minimum atomic E-state index is -0.391. The van der Waals surface area contributed by atoms with Gasteiger partial charge in [0.25, 0.3) is 5.56 Å². The molecule has 0 atom stereocenters. The fourth-order valence-electron chi connectivity index (χ4n) is 2.81. The molecule has 0 unspecified atom stereocenters. The van der Waals surface area contributed by atoms with E-state index in [9.17, 15) is 9.59 Å². The maximum atomic E-state index is 12.7. The SMILES string of the molecule is COc1ccc(-c2cc3c(=O)n(CC(=O)Nc4ccccc4)ncn3n2)cc1. The van der Waals surface area contributed by atoms with E-state index in [0.717, 1.165) is 16.0 Å². The van der Waals surface area contributed by atoms with Crippen molar-refractivity contribution in [1.29, 1.82) is 0 Å². The van der Waals surface area contributed by atoms with Crippen LogP contribution in [0.15, 0.2) is 71.8 Å². The lowest BCUT2D eigenvalue weighted by atomic mass is 10.1. The first-order valence-corrected chi connectivity index (χ1v) is 8.59. The molecule has 0 saturated heterocycles. The standard InChI is InChI=1S/C20H17N5O3/c1-28-16-9-7-14(8-10-16)17-11-18-20(27)24(21-13-25(18)23-17)12-19(26)22-15-5-3-2-4-6-15/h2-11,13H,12H2,1H3,(H,22,26). The van der Waals surface area contributed by atoms with Crippen LogP contribution < -0.4 is 15.6 Å². The zero-order valence-electron chi connectivity index (χ0n) is 15.1. The Bertz CT molecular complexity index is 1180. The third kappa shape index (κ3) is 3.48. The van der Waals surface area contributed by atoms with E-state index in [-0.39, 0.29) is 12.5 Å². The van der Waals surface area contributed by atoms with Gasteiger partial charge in [-0.15, -0.1) is 0 Å². The van der Waals surface area contributed by atoms with Crippen LogP contribution >= 0.6 is 0 Å². The number of fused-ring (bicyclic) bond motifs is 1. The molecule has 140 valence electrons. The smallest absolute Gasteiger partial charge is 0.293 e. The average Bonchev–Trinajstić information content (AvgIpc) is 3.16. The number of nitrogens with zero attached hydrogens (tertiary/aromatic N) is 4. The van der Waals surface area contributed by atoms with Gasteiger partial charge in [-0.1, -0.05) is 18.2 Å². The van der Waals surface area contributed by atoms with E-state index in [4.69, 9.17) is 4.74 Å². The molecule has 4 aromatic rings. The topological polar surface area (TPSA) is 90.5 Å². The maximum absolute atomic E-state index is 12.7.